The maximum Gasteiger partial charge on any atom is 0.300 e. The number of fused-ring (bicyclic) bond motifs is 4. The van der Waals surface area contributed by atoms with E-state index >= 15 is 0 Å². The van der Waals surface area contributed by atoms with Crippen molar-refractivity contribution in [1.82, 2.24) is 9.13 Å². The molecule has 190 valence electrons. The average molecular weight is 499 g/mol. The fourth-order valence-corrected chi connectivity index (χ4v) is 5.56. The van der Waals surface area contributed by atoms with Gasteiger partial charge in [0.05, 0.1) is 16.8 Å². The quantitative estimate of drug-likeness (QED) is 0.414. The topological polar surface area (TPSA) is 111 Å². The molecular weight excluding hydrogens is 468 g/mol. The molecule has 2 aliphatic rings. The second-order valence-corrected chi connectivity index (χ2v) is 9.62. The minimum absolute atomic E-state index is 0.255. The van der Waals surface area contributed by atoms with Crippen LogP contribution < -0.4 is 10.6 Å². The molecule has 4 aromatic rings. The molecule has 8 heteroatoms. The fraction of sp³-hybridized carbons (Fsp3) is 0.276. The SMILES string of the molecule is CC(=O)O.Cn1cc(C2=CC(=O)N(c3c4n(c5ccccc35)CCC(CN)CC4)C2=O)c2ccccc21. The third kappa shape index (κ3) is 4.23. The van der Waals surface area contributed by atoms with E-state index in [-0.39, 0.29) is 11.8 Å². The molecule has 0 radical (unpaired) electrons. The molecule has 0 saturated heterocycles. The zero-order chi connectivity index (χ0) is 26.3. The van der Waals surface area contributed by atoms with Crippen LogP contribution in [0.1, 0.15) is 31.0 Å². The Morgan fingerprint density at radius 3 is 2.38 bits per heavy atom. The van der Waals surface area contributed by atoms with Crippen LogP contribution in [0.15, 0.2) is 60.8 Å². The van der Waals surface area contributed by atoms with Crippen LogP contribution in [0.4, 0.5) is 5.69 Å². The number of para-hydroxylation sites is 2. The molecule has 0 aliphatic carbocycles. The first-order valence-corrected chi connectivity index (χ1v) is 12.5. The average Bonchev–Trinajstić information content (AvgIpc) is 3.40. The van der Waals surface area contributed by atoms with Gasteiger partial charge in [0.1, 0.15) is 0 Å². The number of carboxylic acids is 1. The van der Waals surface area contributed by atoms with Crippen LogP contribution in [-0.2, 0) is 34.4 Å². The first-order valence-electron chi connectivity index (χ1n) is 12.5. The fourth-order valence-electron chi connectivity index (χ4n) is 5.56. The number of hydrogen-bond acceptors (Lipinski definition) is 4. The van der Waals surface area contributed by atoms with Crippen LogP contribution in [0.3, 0.4) is 0 Å². The molecule has 37 heavy (non-hydrogen) atoms. The van der Waals surface area contributed by atoms with Gasteiger partial charge < -0.3 is 20.0 Å². The Balaban J connectivity index is 0.000000655. The molecule has 0 spiro atoms. The van der Waals surface area contributed by atoms with Gasteiger partial charge in [-0.25, -0.2) is 4.90 Å². The molecule has 2 aromatic carbocycles. The highest BCUT2D eigenvalue weighted by Crippen LogP contribution is 2.41. The van der Waals surface area contributed by atoms with Gasteiger partial charge in [-0.05, 0) is 43.9 Å². The molecule has 3 N–H and O–H groups in total. The van der Waals surface area contributed by atoms with E-state index in [0.717, 1.165) is 71.5 Å². The molecule has 6 rings (SSSR count). The standard InChI is InChI=1S/C27H26N4O2.C2H4O2/c1-29-16-21(18-6-2-4-8-22(18)29)20-14-25(32)31(27(20)33)26-19-7-3-5-9-23(19)30-13-12-17(15-28)10-11-24(26)30;1-2(3)4/h2-9,14,16-17H,10-13,15,28H2,1H3;1H3,(H,3,4). The van der Waals surface area contributed by atoms with Gasteiger partial charge in [0.25, 0.3) is 17.8 Å². The number of carboxylic acid groups (broad SMARTS) is 1. The van der Waals surface area contributed by atoms with Crippen molar-refractivity contribution in [2.24, 2.45) is 18.7 Å². The van der Waals surface area contributed by atoms with Gasteiger partial charge in [-0.2, -0.15) is 0 Å². The van der Waals surface area contributed by atoms with Crippen LogP contribution in [0.25, 0.3) is 27.4 Å². The molecule has 2 aromatic heterocycles. The summed E-state index contributed by atoms with van der Waals surface area (Å²) in [5, 5.41) is 9.34. The number of aryl methyl sites for hydroxylation is 2. The lowest BCUT2D eigenvalue weighted by Crippen LogP contribution is -2.31. The highest BCUT2D eigenvalue weighted by atomic mass is 16.4. The van der Waals surface area contributed by atoms with E-state index in [0.29, 0.717) is 18.0 Å². The maximum atomic E-state index is 13.8. The smallest absolute Gasteiger partial charge is 0.300 e. The number of hydrogen-bond donors (Lipinski definition) is 2. The van der Waals surface area contributed by atoms with Crippen molar-refractivity contribution >= 4 is 50.9 Å². The minimum atomic E-state index is -0.833. The van der Waals surface area contributed by atoms with Gasteiger partial charge in [0, 0.05) is 60.3 Å². The lowest BCUT2D eigenvalue weighted by Gasteiger charge is -2.17. The molecule has 2 aliphatic heterocycles. The summed E-state index contributed by atoms with van der Waals surface area (Å²) in [6.07, 6.45) is 6.20. The Hall–Kier alpha value is -4.17. The predicted octanol–water partition coefficient (Wildman–Crippen LogP) is 4.09. The van der Waals surface area contributed by atoms with E-state index in [4.69, 9.17) is 15.6 Å². The Kier molecular flexibility index (Phi) is 6.43. The van der Waals surface area contributed by atoms with E-state index in [1.54, 1.807) is 0 Å². The molecular formula is C29H30N4O4. The van der Waals surface area contributed by atoms with Crippen molar-refractivity contribution in [3.63, 3.8) is 0 Å². The lowest BCUT2D eigenvalue weighted by molar-refractivity contribution is -0.134. The Morgan fingerprint density at radius 2 is 1.68 bits per heavy atom. The highest BCUT2D eigenvalue weighted by Gasteiger charge is 2.38. The number of nitrogens with two attached hydrogens (primary N) is 1. The second-order valence-electron chi connectivity index (χ2n) is 9.62. The number of benzene rings is 2. The maximum absolute atomic E-state index is 13.8. The molecule has 1 unspecified atom stereocenters. The van der Waals surface area contributed by atoms with Crippen molar-refractivity contribution in [1.29, 1.82) is 0 Å². The van der Waals surface area contributed by atoms with Crippen LogP contribution >= 0.6 is 0 Å². The summed E-state index contributed by atoms with van der Waals surface area (Å²) < 4.78 is 4.29. The van der Waals surface area contributed by atoms with Crippen LogP contribution in [0.2, 0.25) is 0 Å². The predicted molar refractivity (Wildman–Crippen MR) is 144 cm³/mol. The summed E-state index contributed by atoms with van der Waals surface area (Å²) in [6.45, 7) is 2.59. The van der Waals surface area contributed by atoms with Crippen LogP contribution in [-0.4, -0.2) is 38.6 Å². The summed E-state index contributed by atoms with van der Waals surface area (Å²) in [5.41, 5.74) is 11.1. The number of anilines is 1. The molecule has 1 atom stereocenters. The number of rotatable bonds is 3. The van der Waals surface area contributed by atoms with E-state index in [1.807, 2.05) is 60.3 Å². The van der Waals surface area contributed by atoms with E-state index < -0.39 is 5.97 Å². The third-order valence-corrected chi connectivity index (χ3v) is 7.27. The monoisotopic (exact) mass is 498 g/mol. The van der Waals surface area contributed by atoms with Gasteiger partial charge in [-0.15, -0.1) is 0 Å². The van der Waals surface area contributed by atoms with E-state index in [2.05, 4.69) is 10.6 Å². The largest absolute Gasteiger partial charge is 0.481 e. The summed E-state index contributed by atoms with van der Waals surface area (Å²) >= 11 is 0. The van der Waals surface area contributed by atoms with Crippen molar-refractivity contribution in [2.75, 3.05) is 11.4 Å². The van der Waals surface area contributed by atoms with Gasteiger partial charge >= 0.3 is 0 Å². The molecule has 0 bridgehead atoms. The Labute approximate surface area is 214 Å². The number of carbonyl (C=O) groups is 3. The zero-order valence-electron chi connectivity index (χ0n) is 21.0. The second kappa shape index (κ2) is 9.71. The summed E-state index contributed by atoms with van der Waals surface area (Å²) in [6, 6.07) is 16.0. The number of imide groups is 1. The molecule has 0 saturated carbocycles. The minimum Gasteiger partial charge on any atom is -0.481 e. The number of aromatic nitrogens is 2. The van der Waals surface area contributed by atoms with Crippen molar-refractivity contribution in [3.8, 4) is 0 Å². The number of amides is 2. The third-order valence-electron chi connectivity index (χ3n) is 7.27. The van der Waals surface area contributed by atoms with Crippen molar-refractivity contribution in [2.45, 2.75) is 32.7 Å². The Bertz CT molecular complexity index is 1570. The first-order chi connectivity index (χ1) is 17.8. The molecule has 0 fully saturated rings. The molecule has 4 heterocycles. The van der Waals surface area contributed by atoms with Crippen LogP contribution in [0.5, 0.6) is 0 Å². The van der Waals surface area contributed by atoms with Gasteiger partial charge in [0.2, 0.25) is 0 Å². The Morgan fingerprint density at radius 1 is 1.03 bits per heavy atom. The van der Waals surface area contributed by atoms with Crippen molar-refractivity contribution < 1.29 is 19.5 Å². The van der Waals surface area contributed by atoms with Crippen LogP contribution in [0, 0.1) is 5.92 Å². The highest BCUT2D eigenvalue weighted by molar-refractivity contribution is 6.45. The van der Waals surface area contributed by atoms with Crippen molar-refractivity contribution in [3.05, 3.63) is 72.1 Å². The van der Waals surface area contributed by atoms with Gasteiger partial charge in [-0.1, -0.05) is 36.4 Å². The normalized spacial score (nSPS) is 17.4. The van der Waals surface area contributed by atoms with E-state index in [1.165, 1.54) is 11.0 Å². The van der Waals surface area contributed by atoms with Gasteiger partial charge in [-0.3, -0.25) is 14.4 Å². The van der Waals surface area contributed by atoms with E-state index in [9.17, 15) is 9.59 Å². The summed E-state index contributed by atoms with van der Waals surface area (Å²) in [4.78, 5) is 37.5. The number of nitrogens with zero attached hydrogens (tertiary/aromatic N) is 3. The first kappa shape index (κ1) is 24.5. The lowest BCUT2D eigenvalue weighted by atomic mass is 9.99. The summed E-state index contributed by atoms with van der Waals surface area (Å²) in [7, 11) is 1.96. The molecule has 8 nitrogen and oxygen atoms in total. The zero-order valence-corrected chi connectivity index (χ0v) is 21.0. The molecule has 2 amide bonds. The summed E-state index contributed by atoms with van der Waals surface area (Å²) in [5.74, 6) is -0.914. The number of carbonyl (C=O) groups excluding carboxylic acids is 2. The number of aliphatic carboxylic acids is 1. The van der Waals surface area contributed by atoms with Gasteiger partial charge in [0.15, 0.2) is 0 Å².